The SMILES string of the molecule is CCNC(c1cccc(C2CCC2)c1)C1COCCO1. The molecule has 1 aromatic carbocycles. The molecule has 1 saturated heterocycles. The Morgan fingerprint density at radius 3 is 2.85 bits per heavy atom. The van der Waals surface area contributed by atoms with E-state index in [2.05, 4.69) is 36.5 Å². The fourth-order valence-electron chi connectivity index (χ4n) is 3.13. The zero-order chi connectivity index (χ0) is 13.8. The fourth-order valence-corrected chi connectivity index (χ4v) is 3.13. The first kappa shape index (κ1) is 14.1. The van der Waals surface area contributed by atoms with E-state index in [0.717, 1.165) is 19.1 Å². The third-order valence-corrected chi connectivity index (χ3v) is 4.48. The van der Waals surface area contributed by atoms with Crippen molar-refractivity contribution in [3.63, 3.8) is 0 Å². The molecule has 3 heteroatoms. The Kier molecular flexibility index (Phi) is 4.71. The molecule has 1 aromatic rings. The van der Waals surface area contributed by atoms with Gasteiger partial charge in [-0.1, -0.05) is 37.6 Å². The lowest BCUT2D eigenvalue weighted by Gasteiger charge is -2.32. The molecule has 1 N–H and O–H groups in total. The molecule has 20 heavy (non-hydrogen) atoms. The molecule has 2 aliphatic rings. The first-order valence-corrected chi connectivity index (χ1v) is 7.91. The van der Waals surface area contributed by atoms with Gasteiger partial charge in [0.05, 0.1) is 25.9 Å². The second kappa shape index (κ2) is 6.70. The molecule has 1 saturated carbocycles. The van der Waals surface area contributed by atoms with Crippen LogP contribution in [0.2, 0.25) is 0 Å². The molecule has 2 atom stereocenters. The molecule has 3 rings (SSSR count). The standard InChI is InChI=1S/C17H25NO2/c1-2-18-17(16-12-19-9-10-20-16)15-8-4-7-14(11-15)13-5-3-6-13/h4,7-8,11,13,16-18H,2-3,5-6,9-10,12H2,1H3. The Hall–Kier alpha value is -0.900. The first-order chi connectivity index (χ1) is 9.88. The highest BCUT2D eigenvalue weighted by molar-refractivity contribution is 5.30. The van der Waals surface area contributed by atoms with Crippen molar-refractivity contribution in [3.8, 4) is 0 Å². The van der Waals surface area contributed by atoms with Crippen LogP contribution in [0.5, 0.6) is 0 Å². The first-order valence-electron chi connectivity index (χ1n) is 7.91. The predicted molar refractivity (Wildman–Crippen MR) is 80.0 cm³/mol. The minimum Gasteiger partial charge on any atom is -0.376 e. The zero-order valence-corrected chi connectivity index (χ0v) is 12.3. The molecule has 2 unspecified atom stereocenters. The van der Waals surface area contributed by atoms with Crippen molar-refractivity contribution < 1.29 is 9.47 Å². The average Bonchev–Trinajstić information content (AvgIpc) is 2.44. The van der Waals surface area contributed by atoms with E-state index in [1.54, 1.807) is 0 Å². The normalized spacial score (nSPS) is 25.1. The molecule has 0 aromatic heterocycles. The Labute approximate surface area is 121 Å². The number of ether oxygens (including phenoxy) is 2. The fraction of sp³-hybridized carbons (Fsp3) is 0.647. The van der Waals surface area contributed by atoms with Crippen molar-refractivity contribution in [2.45, 2.75) is 44.2 Å². The average molecular weight is 275 g/mol. The van der Waals surface area contributed by atoms with Gasteiger partial charge in [-0.25, -0.2) is 0 Å². The summed E-state index contributed by atoms with van der Waals surface area (Å²) < 4.78 is 11.5. The van der Waals surface area contributed by atoms with Crippen molar-refractivity contribution >= 4 is 0 Å². The maximum absolute atomic E-state index is 5.90. The number of benzene rings is 1. The molecule has 0 spiro atoms. The monoisotopic (exact) mass is 275 g/mol. The van der Waals surface area contributed by atoms with E-state index in [4.69, 9.17) is 9.47 Å². The second-order valence-corrected chi connectivity index (χ2v) is 5.82. The van der Waals surface area contributed by atoms with Crippen molar-refractivity contribution in [1.82, 2.24) is 5.32 Å². The summed E-state index contributed by atoms with van der Waals surface area (Å²) in [5, 5.41) is 3.57. The number of hydrogen-bond acceptors (Lipinski definition) is 3. The van der Waals surface area contributed by atoms with Crippen LogP contribution in [0, 0.1) is 0 Å². The predicted octanol–water partition coefficient (Wildman–Crippen LogP) is 3.02. The third kappa shape index (κ3) is 3.05. The maximum atomic E-state index is 5.90. The van der Waals surface area contributed by atoms with E-state index in [9.17, 15) is 0 Å². The van der Waals surface area contributed by atoms with Gasteiger partial charge in [-0.2, -0.15) is 0 Å². The summed E-state index contributed by atoms with van der Waals surface area (Å²) in [5.74, 6) is 0.778. The van der Waals surface area contributed by atoms with Gasteiger partial charge in [0.1, 0.15) is 6.10 Å². The molecule has 1 aliphatic carbocycles. The Bertz CT molecular complexity index is 425. The van der Waals surface area contributed by atoms with Gasteiger partial charge in [-0.05, 0) is 36.4 Å². The lowest BCUT2D eigenvalue weighted by Crippen LogP contribution is -2.40. The summed E-state index contributed by atoms with van der Waals surface area (Å²) in [4.78, 5) is 0. The highest BCUT2D eigenvalue weighted by atomic mass is 16.6. The summed E-state index contributed by atoms with van der Waals surface area (Å²) in [6.45, 7) is 5.20. The van der Waals surface area contributed by atoms with Gasteiger partial charge < -0.3 is 14.8 Å². The topological polar surface area (TPSA) is 30.5 Å². The van der Waals surface area contributed by atoms with E-state index in [1.807, 2.05) is 0 Å². The Morgan fingerprint density at radius 1 is 1.30 bits per heavy atom. The third-order valence-electron chi connectivity index (χ3n) is 4.48. The van der Waals surface area contributed by atoms with Crippen LogP contribution < -0.4 is 5.32 Å². The van der Waals surface area contributed by atoms with Crippen molar-refractivity contribution in [2.24, 2.45) is 0 Å². The van der Waals surface area contributed by atoms with Crippen LogP contribution in [-0.4, -0.2) is 32.5 Å². The summed E-state index contributed by atoms with van der Waals surface area (Å²) in [7, 11) is 0. The van der Waals surface area contributed by atoms with E-state index < -0.39 is 0 Å². The number of likely N-dealkylation sites (N-methyl/N-ethyl adjacent to an activating group) is 1. The van der Waals surface area contributed by atoms with Gasteiger partial charge in [-0.15, -0.1) is 0 Å². The van der Waals surface area contributed by atoms with Crippen LogP contribution in [-0.2, 0) is 9.47 Å². The smallest absolute Gasteiger partial charge is 0.100 e. The minimum atomic E-state index is 0.125. The molecule has 3 nitrogen and oxygen atoms in total. The molecule has 0 amide bonds. The van der Waals surface area contributed by atoms with Crippen LogP contribution in [0.25, 0.3) is 0 Å². The quantitative estimate of drug-likeness (QED) is 0.896. The number of rotatable bonds is 5. The molecular weight excluding hydrogens is 250 g/mol. The van der Waals surface area contributed by atoms with Crippen LogP contribution in [0.3, 0.4) is 0 Å². The summed E-state index contributed by atoms with van der Waals surface area (Å²) >= 11 is 0. The lowest BCUT2D eigenvalue weighted by molar-refractivity contribution is -0.102. The van der Waals surface area contributed by atoms with Gasteiger partial charge in [0, 0.05) is 0 Å². The Balaban J connectivity index is 1.78. The summed E-state index contributed by atoms with van der Waals surface area (Å²) in [6, 6.07) is 9.29. The largest absolute Gasteiger partial charge is 0.376 e. The highest BCUT2D eigenvalue weighted by Gasteiger charge is 2.27. The van der Waals surface area contributed by atoms with Gasteiger partial charge in [-0.3, -0.25) is 0 Å². The summed E-state index contributed by atoms with van der Waals surface area (Å²) in [5.41, 5.74) is 2.83. The van der Waals surface area contributed by atoms with E-state index >= 15 is 0 Å². The second-order valence-electron chi connectivity index (χ2n) is 5.82. The van der Waals surface area contributed by atoms with Crippen LogP contribution in [0.15, 0.2) is 24.3 Å². The van der Waals surface area contributed by atoms with Crippen molar-refractivity contribution in [2.75, 3.05) is 26.4 Å². The van der Waals surface area contributed by atoms with E-state index in [0.29, 0.717) is 13.2 Å². The van der Waals surface area contributed by atoms with Crippen molar-refractivity contribution in [1.29, 1.82) is 0 Å². The molecular formula is C17H25NO2. The minimum absolute atomic E-state index is 0.125. The molecule has 1 aliphatic heterocycles. The van der Waals surface area contributed by atoms with Crippen LogP contribution in [0.1, 0.15) is 49.3 Å². The van der Waals surface area contributed by atoms with Crippen molar-refractivity contribution in [3.05, 3.63) is 35.4 Å². The molecule has 0 bridgehead atoms. The zero-order valence-electron chi connectivity index (χ0n) is 12.3. The van der Waals surface area contributed by atoms with Gasteiger partial charge in [0.15, 0.2) is 0 Å². The van der Waals surface area contributed by atoms with Gasteiger partial charge in [0.2, 0.25) is 0 Å². The maximum Gasteiger partial charge on any atom is 0.100 e. The van der Waals surface area contributed by atoms with Gasteiger partial charge in [0.25, 0.3) is 0 Å². The number of hydrogen-bond donors (Lipinski definition) is 1. The molecule has 2 fully saturated rings. The molecule has 0 radical (unpaired) electrons. The molecule has 110 valence electrons. The summed E-state index contributed by atoms with van der Waals surface area (Å²) in [6.07, 6.45) is 4.20. The Morgan fingerprint density at radius 2 is 2.20 bits per heavy atom. The lowest BCUT2D eigenvalue weighted by atomic mass is 9.79. The van der Waals surface area contributed by atoms with E-state index in [1.165, 1.54) is 30.4 Å². The van der Waals surface area contributed by atoms with Crippen LogP contribution in [0.4, 0.5) is 0 Å². The van der Waals surface area contributed by atoms with Crippen LogP contribution >= 0.6 is 0 Å². The number of nitrogens with one attached hydrogen (secondary N) is 1. The highest BCUT2D eigenvalue weighted by Crippen LogP contribution is 2.37. The molecule has 1 heterocycles. The van der Waals surface area contributed by atoms with E-state index in [-0.39, 0.29) is 12.1 Å². The van der Waals surface area contributed by atoms with Gasteiger partial charge >= 0.3 is 0 Å².